The number of alkyl halides is 3. The maximum Gasteiger partial charge on any atom is 0.393 e. The van der Waals surface area contributed by atoms with Crippen LogP contribution in [-0.2, 0) is 19.4 Å². The predicted molar refractivity (Wildman–Crippen MR) is 144 cm³/mol. The highest BCUT2D eigenvalue weighted by Gasteiger charge is 2.40. The molecule has 2 aliphatic carbocycles. The van der Waals surface area contributed by atoms with Gasteiger partial charge in [0.25, 0.3) is 0 Å². The zero-order chi connectivity index (χ0) is 26.5. The van der Waals surface area contributed by atoms with Crippen molar-refractivity contribution in [3.05, 3.63) is 57.2 Å². The largest absolute Gasteiger partial charge is 0.393 e. The van der Waals surface area contributed by atoms with Crippen LogP contribution in [0.2, 0.25) is 0 Å². The Morgan fingerprint density at radius 2 is 2.00 bits per heavy atom. The van der Waals surface area contributed by atoms with Crippen molar-refractivity contribution in [1.82, 2.24) is 14.9 Å². The Bertz CT molecular complexity index is 1440. The van der Waals surface area contributed by atoms with Gasteiger partial charge < -0.3 is 5.32 Å². The van der Waals surface area contributed by atoms with Crippen molar-refractivity contribution in [2.75, 3.05) is 18.4 Å². The molecule has 3 aliphatic rings. The van der Waals surface area contributed by atoms with Crippen molar-refractivity contribution in [3.8, 4) is 6.07 Å². The SMILES string of the molecule is Cc1c(CN2CCC(CC3CC3)(Nc3ncnc4sc(CC(F)(F)F)cc34)CC2)ccc2c1C=C(C#N)C2. The van der Waals surface area contributed by atoms with E-state index < -0.39 is 12.6 Å². The minimum absolute atomic E-state index is 0.123. The number of halogens is 3. The predicted octanol–water partition coefficient (Wildman–Crippen LogP) is 6.81. The van der Waals surface area contributed by atoms with Gasteiger partial charge in [-0.3, -0.25) is 4.90 Å². The third kappa shape index (κ3) is 5.29. The number of rotatable bonds is 7. The first-order valence-corrected chi connectivity index (χ1v) is 14.0. The molecule has 2 fully saturated rings. The molecule has 1 saturated heterocycles. The molecule has 1 aliphatic heterocycles. The summed E-state index contributed by atoms with van der Waals surface area (Å²) < 4.78 is 39.0. The van der Waals surface area contributed by atoms with E-state index in [1.165, 1.54) is 41.4 Å². The Labute approximate surface area is 224 Å². The van der Waals surface area contributed by atoms with Crippen LogP contribution < -0.4 is 5.32 Å². The third-order valence-corrected chi connectivity index (χ3v) is 9.33. The second kappa shape index (κ2) is 9.65. The topological polar surface area (TPSA) is 64.8 Å². The Morgan fingerprint density at radius 1 is 1.21 bits per heavy atom. The molecule has 198 valence electrons. The minimum Gasteiger partial charge on any atom is -0.364 e. The van der Waals surface area contributed by atoms with Gasteiger partial charge in [0.2, 0.25) is 0 Å². The molecular formula is C29H30F3N5S. The van der Waals surface area contributed by atoms with E-state index >= 15 is 0 Å². The number of nitrogens with one attached hydrogen (secondary N) is 1. The van der Waals surface area contributed by atoms with Crippen LogP contribution in [0.15, 0.2) is 30.1 Å². The summed E-state index contributed by atoms with van der Waals surface area (Å²) >= 11 is 1.10. The molecule has 0 bridgehead atoms. The molecule has 0 radical (unpaired) electrons. The molecule has 0 unspecified atom stereocenters. The van der Waals surface area contributed by atoms with Gasteiger partial charge in [-0.05, 0) is 66.5 Å². The Morgan fingerprint density at radius 3 is 2.71 bits per heavy atom. The quantitative estimate of drug-likeness (QED) is 0.359. The summed E-state index contributed by atoms with van der Waals surface area (Å²) in [7, 11) is 0. The summed E-state index contributed by atoms with van der Waals surface area (Å²) in [6, 6.07) is 8.28. The molecule has 0 atom stereocenters. The fourth-order valence-electron chi connectivity index (χ4n) is 6.03. The van der Waals surface area contributed by atoms with Crippen LogP contribution in [-0.4, -0.2) is 39.7 Å². The van der Waals surface area contributed by atoms with Gasteiger partial charge in [0.15, 0.2) is 0 Å². The van der Waals surface area contributed by atoms with E-state index in [4.69, 9.17) is 0 Å². The van der Waals surface area contributed by atoms with E-state index in [9.17, 15) is 18.4 Å². The van der Waals surface area contributed by atoms with Crippen molar-refractivity contribution in [2.24, 2.45) is 5.92 Å². The van der Waals surface area contributed by atoms with Crippen molar-refractivity contribution in [1.29, 1.82) is 5.26 Å². The van der Waals surface area contributed by atoms with E-state index in [1.807, 2.05) is 6.08 Å². The highest BCUT2D eigenvalue weighted by Crippen LogP contribution is 2.43. The molecule has 38 heavy (non-hydrogen) atoms. The number of aromatic nitrogens is 2. The second-order valence-electron chi connectivity index (χ2n) is 11.2. The molecule has 1 aromatic carbocycles. The number of hydrogen-bond acceptors (Lipinski definition) is 6. The number of benzene rings is 1. The number of fused-ring (bicyclic) bond motifs is 2. The summed E-state index contributed by atoms with van der Waals surface area (Å²) in [5, 5.41) is 13.7. The van der Waals surface area contributed by atoms with E-state index in [-0.39, 0.29) is 10.4 Å². The van der Waals surface area contributed by atoms with Gasteiger partial charge in [0, 0.05) is 42.0 Å². The van der Waals surface area contributed by atoms with Crippen molar-refractivity contribution in [3.63, 3.8) is 0 Å². The lowest BCUT2D eigenvalue weighted by atomic mass is 9.82. The molecule has 0 spiro atoms. The second-order valence-corrected chi connectivity index (χ2v) is 12.3. The van der Waals surface area contributed by atoms with Crippen LogP contribution >= 0.6 is 11.3 Å². The molecule has 0 amide bonds. The summed E-state index contributed by atoms with van der Waals surface area (Å²) in [6.45, 7) is 4.90. The molecule has 1 saturated carbocycles. The van der Waals surface area contributed by atoms with E-state index in [1.54, 1.807) is 6.07 Å². The van der Waals surface area contributed by atoms with Gasteiger partial charge in [-0.1, -0.05) is 25.0 Å². The monoisotopic (exact) mass is 537 g/mol. The number of nitriles is 1. The molecule has 1 N–H and O–H groups in total. The first-order valence-electron chi connectivity index (χ1n) is 13.2. The number of hydrogen-bond donors (Lipinski definition) is 1. The smallest absolute Gasteiger partial charge is 0.364 e. The number of piperidine rings is 1. The lowest BCUT2D eigenvalue weighted by Crippen LogP contribution is -2.49. The molecular weight excluding hydrogens is 507 g/mol. The fourth-order valence-corrected chi connectivity index (χ4v) is 7.06. The zero-order valence-electron chi connectivity index (χ0n) is 21.4. The Balaban J connectivity index is 1.19. The van der Waals surface area contributed by atoms with Gasteiger partial charge in [-0.15, -0.1) is 11.3 Å². The van der Waals surface area contributed by atoms with E-state index in [0.717, 1.165) is 62.2 Å². The van der Waals surface area contributed by atoms with Gasteiger partial charge in [0.05, 0.1) is 17.9 Å². The summed E-state index contributed by atoms with van der Waals surface area (Å²) in [6.07, 6.45) is 4.49. The van der Waals surface area contributed by atoms with Gasteiger partial charge >= 0.3 is 6.18 Å². The van der Waals surface area contributed by atoms with E-state index in [2.05, 4.69) is 45.3 Å². The summed E-state index contributed by atoms with van der Waals surface area (Å²) in [4.78, 5) is 12.1. The molecule has 9 heteroatoms. The summed E-state index contributed by atoms with van der Waals surface area (Å²) in [5.74, 6) is 1.36. The van der Waals surface area contributed by atoms with E-state index in [0.29, 0.717) is 22.0 Å². The van der Waals surface area contributed by atoms with Gasteiger partial charge in [-0.25, -0.2) is 9.97 Å². The van der Waals surface area contributed by atoms with Crippen LogP contribution in [0.5, 0.6) is 0 Å². The van der Waals surface area contributed by atoms with Crippen molar-refractivity contribution in [2.45, 2.75) is 70.1 Å². The van der Waals surface area contributed by atoms with Crippen molar-refractivity contribution >= 4 is 33.4 Å². The lowest BCUT2D eigenvalue weighted by molar-refractivity contribution is -0.126. The fraction of sp³-hybridized carbons (Fsp3) is 0.483. The standard InChI is InChI=1S/C29H30F3N5S/c1-18-22(5-4-21-10-20(15-33)11-24(18)21)16-37-8-6-28(7-9-37,13-19-2-3-19)36-26-25-12-23(14-29(30,31)32)38-27(25)35-17-34-26/h4-5,11-12,17,19H,2-3,6-10,13-14,16H2,1H3,(H,34,35,36). The molecule has 2 aromatic heterocycles. The summed E-state index contributed by atoms with van der Waals surface area (Å²) in [5.41, 5.74) is 5.70. The Hall–Kier alpha value is -2.96. The van der Waals surface area contributed by atoms with Gasteiger partial charge in [0.1, 0.15) is 17.0 Å². The van der Waals surface area contributed by atoms with Crippen molar-refractivity contribution < 1.29 is 13.2 Å². The normalized spacial score (nSPS) is 19.3. The average Bonchev–Trinajstić information content (AvgIpc) is 3.41. The van der Waals surface area contributed by atoms with Crippen LogP contribution in [0.25, 0.3) is 16.3 Å². The van der Waals surface area contributed by atoms with Gasteiger partial charge in [-0.2, -0.15) is 18.4 Å². The maximum absolute atomic E-state index is 13.0. The first kappa shape index (κ1) is 25.3. The van der Waals surface area contributed by atoms with Crippen LogP contribution in [0.3, 0.4) is 0 Å². The number of likely N-dealkylation sites (tertiary alicyclic amines) is 1. The molecule has 3 aromatic rings. The molecule has 6 rings (SSSR count). The molecule has 3 heterocycles. The number of allylic oxidation sites excluding steroid dienone is 1. The first-order chi connectivity index (χ1) is 18.2. The Kier molecular flexibility index (Phi) is 6.43. The highest BCUT2D eigenvalue weighted by molar-refractivity contribution is 7.18. The van der Waals surface area contributed by atoms with Crippen LogP contribution in [0.4, 0.5) is 19.0 Å². The number of anilines is 1. The maximum atomic E-state index is 13.0. The highest BCUT2D eigenvalue weighted by atomic mass is 32.1. The lowest BCUT2D eigenvalue weighted by Gasteiger charge is -2.43. The zero-order valence-corrected chi connectivity index (χ0v) is 22.2. The number of nitrogens with zero attached hydrogens (tertiary/aromatic N) is 4. The minimum atomic E-state index is -4.24. The van der Waals surface area contributed by atoms with Crippen LogP contribution in [0, 0.1) is 24.2 Å². The third-order valence-electron chi connectivity index (χ3n) is 8.28. The average molecular weight is 538 g/mol. The number of thiophene rings is 1. The molecule has 5 nitrogen and oxygen atoms in total. The van der Waals surface area contributed by atoms with Crippen LogP contribution in [0.1, 0.15) is 59.2 Å².